The van der Waals surface area contributed by atoms with Crippen molar-refractivity contribution in [1.82, 2.24) is 4.34 Å². The van der Waals surface area contributed by atoms with E-state index >= 15 is 0 Å². The molecule has 82 valence electrons. The molecule has 0 aliphatic heterocycles. The number of nitrogens with one attached hydrogen (secondary N) is 1. The summed E-state index contributed by atoms with van der Waals surface area (Å²) in [5, 5.41) is 17.8. The first-order valence-electron chi connectivity index (χ1n) is 4.50. The van der Waals surface area contributed by atoms with Crippen molar-refractivity contribution in [3.63, 3.8) is 0 Å². The number of benzene rings is 1. The van der Waals surface area contributed by atoms with Gasteiger partial charge < -0.3 is 10.2 Å². The Morgan fingerprint density at radius 3 is 2.47 bits per heavy atom. The van der Waals surface area contributed by atoms with Crippen molar-refractivity contribution in [3.05, 3.63) is 29.8 Å². The molecule has 1 rings (SSSR count). The van der Waals surface area contributed by atoms with E-state index in [2.05, 4.69) is 20.5 Å². The molecule has 0 spiro atoms. The minimum Gasteiger partial charge on any atom is -0.508 e. The topological polar surface area (TPSA) is 69.6 Å². The zero-order valence-electron chi connectivity index (χ0n) is 7.98. The van der Waals surface area contributed by atoms with Crippen LogP contribution in [0.25, 0.3) is 0 Å². The first-order valence-corrected chi connectivity index (χ1v) is 5.29. The monoisotopic (exact) mass is 273 g/mol. The second-order valence-corrected chi connectivity index (χ2v) is 3.66. The predicted octanol–water partition coefficient (Wildman–Crippen LogP) is 1.68. The molecule has 0 fully saturated rings. The zero-order valence-corrected chi connectivity index (χ0v) is 9.57. The molecule has 15 heavy (non-hydrogen) atoms. The molecule has 1 aromatic carbocycles. The van der Waals surface area contributed by atoms with E-state index in [0.717, 1.165) is 5.56 Å². The molecule has 0 aliphatic carbocycles. The molecule has 0 unspecified atom stereocenters. The highest BCUT2D eigenvalue weighted by Crippen LogP contribution is 2.12. The van der Waals surface area contributed by atoms with Gasteiger partial charge in [0.15, 0.2) is 0 Å². The normalized spacial score (nSPS) is 12.3. The summed E-state index contributed by atoms with van der Waals surface area (Å²) in [6, 6.07) is 6.14. The highest BCUT2D eigenvalue weighted by atomic mass is 79.9. The molecular weight excluding hydrogens is 262 g/mol. The van der Waals surface area contributed by atoms with Gasteiger partial charge in [0.1, 0.15) is 11.8 Å². The van der Waals surface area contributed by atoms with Gasteiger partial charge in [-0.1, -0.05) is 12.1 Å². The number of halogens is 1. The van der Waals surface area contributed by atoms with E-state index in [1.54, 1.807) is 24.3 Å². The number of carbonyl (C=O) groups is 1. The summed E-state index contributed by atoms with van der Waals surface area (Å²) in [6.07, 6.45) is 1.14. The fourth-order valence-corrected chi connectivity index (χ4v) is 1.62. The van der Waals surface area contributed by atoms with Crippen molar-refractivity contribution in [2.24, 2.45) is 0 Å². The van der Waals surface area contributed by atoms with Crippen LogP contribution in [-0.2, 0) is 11.2 Å². The highest BCUT2D eigenvalue weighted by molar-refractivity contribution is 9.08. The van der Waals surface area contributed by atoms with Crippen LogP contribution in [0.1, 0.15) is 12.0 Å². The van der Waals surface area contributed by atoms with Gasteiger partial charge in [-0.2, -0.15) is 0 Å². The Bertz CT molecular complexity index is 326. The van der Waals surface area contributed by atoms with Crippen LogP contribution in [0.4, 0.5) is 0 Å². The third-order valence-electron chi connectivity index (χ3n) is 2.09. The van der Waals surface area contributed by atoms with Crippen LogP contribution in [0, 0.1) is 0 Å². The summed E-state index contributed by atoms with van der Waals surface area (Å²) in [7, 11) is 0. The Hall–Kier alpha value is -1.07. The third kappa shape index (κ3) is 3.89. The number of carboxylic acid groups (broad SMARTS) is 1. The second-order valence-electron chi connectivity index (χ2n) is 3.21. The Labute approximate surface area is 96.3 Å². The highest BCUT2D eigenvalue weighted by Gasteiger charge is 2.14. The van der Waals surface area contributed by atoms with Crippen molar-refractivity contribution in [2.75, 3.05) is 0 Å². The fourth-order valence-electron chi connectivity index (χ4n) is 1.20. The molecule has 0 aliphatic rings. The van der Waals surface area contributed by atoms with Crippen molar-refractivity contribution in [2.45, 2.75) is 18.9 Å². The van der Waals surface area contributed by atoms with Gasteiger partial charge in [-0.3, -0.25) is 4.79 Å². The first kappa shape index (κ1) is 12.0. The number of aromatic hydroxyl groups is 1. The molecular formula is C10H12BrNO3. The van der Waals surface area contributed by atoms with Gasteiger partial charge in [0, 0.05) is 16.1 Å². The molecule has 0 bridgehead atoms. The van der Waals surface area contributed by atoms with Crippen LogP contribution in [0.2, 0.25) is 0 Å². The lowest BCUT2D eigenvalue weighted by molar-refractivity contribution is -0.139. The largest absolute Gasteiger partial charge is 0.508 e. The lowest BCUT2D eigenvalue weighted by Gasteiger charge is -2.09. The smallest absolute Gasteiger partial charge is 0.321 e. The van der Waals surface area contributed by atoms with Crippen molar-refractivity contribution in [1.29, 1.82) is 0 Å². The summed E-state index contributed by atoms with van der Waals surface area (Å²) < 4.78 is 2.55. The van der Waals surface area contributed by atoms with E-state index in [9.17, 15) is 4.79 Å². The van der Waals surface area contributed by atoms with Gasteiger partial charge in [-0.25, -0.2) is 4.34 Å². The molecule has 0 saturated carbocycles. The fraction of sp³-hybridized carbons (Fsp3) is 0.300. The number of phenolic OH excluding ortho intramolecular Hbond substituents is 1. The number of phenols is 1. The van der Waals surface area contributed by atoms with Crippen LogP contribution in [0.5, 0.6) is 5.75 Å². The Kier molecular flexibility index (Phi) is 4.58. The maximum absolute atomic E-state index is 10.7. The Morgan fingerprint density at radius 2 is 2.00 bits per heavy atom. The van der Waals surface area contributed by atoms with Gasteiger partial charge in [0.25, 0.3) is 0 Å². The van der Waals surface area contributed by atoms with E-state index in [1.165, 1.54) is 0 Å². The van der Waals surface area contributed by atoms with Gasteiger partial charge in [-0.15, -0.1) is 0 Å². The lowest BCUT2D eigenvalue weighted by atomic mass is 10.1. The van der Waals surface area contributed by atoms with Gasteiger partial charge >= 0.3 is 5.97 Å². The molecule has 0 amide bonds. The summed E-state index contributed by atoms with van der Waals surface area (Å²) in [4.78, 5) is 10.7. The maximum Gasteiger partial charge on any atom is 0.321 e. The minimum absolute atomic E-state index is 0.215. The maximum atomic E-state index is 10.7. The molecule has 3 N–H and O–H groups in total. The summed E-state index contributed by atoms with van der Waals surface area (Å²) in [6.45, 7) is 0. The molecule has 1 atom stereocenters. The van der Waals surface area contributed by atoms with Gasteiger partial charge in [0.05, 0.1) is 0 Å². The molecule has 0 aromatic heterocycles. The summed E-state index contributed by atoms with van der Waals surface area (Å²) in [5.74, 6) is -0.669. The summed E-state index contributed by atoms with van der Waals surface area (Å²) in [5.41, 5.74) is 1.00. The molecule has 0 heterocycles. The van der Waals surface area contributed by atoms with E-state index in [4.69, 9.17) is 10.2 Å². The average molecular weight is 274 g/mol. The van der Waals surface area contributed by atoms with E-state index in [0.29, 0.717) is 12.8 Å². The standard InChI is InChI=1S/C10H12BrNO3/c11-12-9(10(14)15)6-3-7-1-4-8(13)5-2-7/h1-2,4-5,9,12-13H,3,6H2,(H,14,15)/t9-/m0/s1. The van der Waals surface area contributed by atoms with Crippen molar-refractivity contribution >= 4 is 22.1 Å². The number of hydrogen-bond donors (Lipinski definition) is 3. The van der Waals surface area contributed by atoms with E-state index in [1.807, 2.05) is 0 Å². The molecule has 0 saturated heterocycles. The van der Waals surface area contributed by atoms with Crippen LogP contribution in [0.15, 0.2) is 24.3 Å². The molecule has 5 heteroatoms. The Morgan fingerprint density at radius 1 is 1.40 bits per heavy atom. The minimum atomic E-state index is -0.884. The molecule has 0 radical (unpaired) electrons. The van der Waals surface area contributed by atoms with Crippen LogP contribution < -0.4 is 4.34 Å². The summed E-state index contributed by atoms with van der Waals surface area (Å²) >= 11 is 2.93. The SMILES string of the molecule is O=C(O)[C@H](CCc1ccc(O)cc1)NBr. The van der Waals surface area contributed by atoms with E-state index < -0.39 is 12.0 Å². The quantitative estimate of drug-likeness (QED) is 0.714. The third-order valence-corrected chi connectivity index (χ3v) is 2.64. The van der Waals surface area contributed by atoms with Crippen LogP contribution in [0.3, 0.4) is 0 Å². The van der Waals surface area contributed by atoms with Crippen LogP contribution in [-0.4, -0.2) is 22.2 Å². The van der Waals surface area contributed by atoms with Crippen molar-refractivity contribution in [3.8, 4) is 5.75 Å². The van der Waals surface area contributed by atoms with Crippen molar-refractivity contribution < 1.29 is 15.0 Å². The average Bonchev–Trinajstić information content (AvgIpc) is 2.21. The zero-order chi connectivity index (χ0) is 11.3. The van der Waals surface area contributed by atoms with Crippen LogP contribution >= 0.6 is 16.1 Å². The molecule has 4 nitrogen and oxygen atoms in total. The number of rotatable bonds is 5. The second kappa shape index (κ2) is 5.72. The van der Waals surface area contributed by atoms with Gasteiger partial charge in [-0.05, 0) is 30.5 Å². The van der Waals surface area contributed by atoms with E-state index in [-0.39, 0.29) is 5.75 Å². The Balaban J connectivity index is 2.49. The lowest BCUT2D eigenvalue weighted by Crippen LogP contribution is -2.30. The molecule has 1 aromatic rings. The number of aryl methyl sites for hydroxylation is 1. The number of aliphatic carboxylic acids is 1. The van der Waals surface area contributed by atoms with Gasteiger partial charge in [0.2, 0.25) is 0 Å². The number of hydrogen-bond acceptors (Lipinski definition) is 3. The predicted molar refractivity (Wildman–Crippen MR) is 59.9 cm³/mol. The number of carboxylic acids is 1. The first-order chi connectivity index (χ1) is 7.13.